The van der Waals surface area contributed by atoms with E-state index in [0.717, 1.165) is 0 Å². The van der Waals surface area contributed by atoms with Crippen molar-refractivity contribution in [2.75, 3.05) is 10.6 Å². The van der Waals surface area contributed by atoms with Crippen molar-refractivity contribution >= 4 is 40.5 Å². The number of amides is 2. The van der Waals surface area contributed by atoms with Crippen LogP contribution >= 0.6 is 12.2 Å². The van der Waals surface area contributed by atoms with Gasteiger partial charge in [0.05, 0.1) is 11.7 Å². The lowest BCUT2D eigenvalue weighted by Crippen LogP contribution is -2.34. The quantitative estimate of drug-likeness (QED) is 0.362. The van der Waals surface area contributed by atoms with Crippen molar-refractivity contribution in [3.8, 4) is 5.75 Å². The van der Waals surface area contributed by atoms with Gasteiger partial charge in [0, 0.05) is 16.9 Å². The smallest absolute Gasteiger partial charge is 0.261 e. The Kier molecular flexibility index (Phi) is 8.25. The molecule has 0 saturated carbocycles. The van der Waals surface area contributed by atoms with E-state index in [0.29, 0.717) is 28.3 Å². The number of rotatable bonds is 6. The van der Waals surface area contributed by atoms with E-state index in [1.54, 1.807) is 42.5 Å². The summed E-state index contributed by atoms with van der Waals surface area (Å²) < 4.78 is 5.70. The number of carbonyl (C=O) groups excluding carboxylic acids is 2. The van der Waals surface area contributed by atoms with E-state index in [1.807, 2.05) is 44.2 Å². The molecule has 0 saturated heterocycles. The van der Waals surface area contributed by atoms with Crippen LogP contribution in [0, 0.1) is 0 Å². The first-order chi connectivity index (χ1) is 16.5. The van der Waals surface area contributed by atoms with Crippen molar-refractivity contribution < 1.29 is 14.3 Å². The van der Waals surface area contributed by atoms with Gasteiger partial charge in [-0.1, -0.05) is 45.0 Å². The van der Waals surface area contributed by atoms with E-state index in [4.69, 9.17) is 17.0 Å². The minimum Gasteiger partial charge on any atom is -0.490 e. The first kappa shape index (κ1) is 25.9. The molecular formula is C28H31N3O3S. The summed E-state index contributed by atoms with van der Waals surface area (Å²) in [5, 5.41) is 8.70. The van der Waals surface area contributed by atoms with E-state index >= 15 is 0 Å². The highest BCUT2D eigenvalue weighted by atomic mass is 32.1. The Morgan fingerprint density at radius 3 is 1.94 bits per heavy atom. The molecule has 0 atom stereocenters. The molecule has 2 amide bonds. The van der Waals surface area contributed by atoms with Crippen LogP contribution in [0.4, 0.5) is 11.4 Å². The molecule has 182 valence electrons. The van der Waals surface area contributed by atoms with Crippen molar-refractivity contribution in [3.63, 3.8) is 0 Å². The van der Waals surface area contributed by atoms with Gasteiger partial charge in [0.1, 0.15) is 5.75 Å². The molecule has 3 aromatic carbocycles. The fourth-order valence-electron chi connectivity index (χ4n) is 3.31. The zero-order valence-electron chi connectivity index (χ0n) is 20.6. The maximum Gasteiger partial charge on any atom is 0.261 e. The van der Waals surface area contributed by atoms with Gasteiger partial charge in [-0.3, -0.25) is 14.9 Å². The van der Waals surface area contributed by atoms with Crippen LogP contribution in [0.1, 0.15) is 60.9 Å². The van der Waals surface area contributed by atoms with Crippen LogP contribution in [0.3, 0.4) is 0 Å². The van der Waals surface area contributed by atoms with Crippen LogP contribution in [-0.4, -0.2) is 23.0 Å². The average molecular weight is 490 g/mol. The first-order valence-electron chi connectivity index (χ1n) is 11.4. The summed E-state index contributed by atoms with van der Waals surface area (Å²) in [5.74, 6) is -0.0488. The normalized spacial score (nSPS) is 11.0. The van der Waals surface area contributed by atoms with Crippen LogP contribution in [0.25, 0.3) is 0 Å². The third kappa shape index (κ3) is 7.39. The van der Waals surface area contributed by atoms with Crippen LogP contribution < -0.4 is 20.7 Å². The van der Waals surface area contributed by atoms with Gasteiger partial charge in [-0.25, -0.2) is 0 Å². The van der Waals surface area contributed by atoms with Crippen molar-refractivity contribution in [3.05, 3.63) is 89.5 Å². The highest BCUT2D eigenvalue weighted by Gasteiger charge is 2.16. The average Bonchev–Trinajstić information content (AvgIpc) is 2.79. The van der Waals surface area contributed by atoms with Gasteiger partial charge < -0.3 is 15.4 Å². The third-order valence-electron chi connectivity index (χ3n) is 5.14. The van der Waals surface area contributed by atoms with Gasteiger partial charge >= 0.3 is 0 Å². The summed E-state index contributed by atoms with van der Waals surface area (Å²) in [6, 6.07) is 21.7. The van der Waals surface area contributed by atoms with Gasteiger partial charge in [0.15, 0.2) is 5.11 Å². The molecule has 0 aromatic heterocycles. The van der Waals surface area contributed by atoms with Crippen LogP contribution in [-0.2, 0) is 5.41 Å². The second kappa shape index (κ2) is 11.1. The van der Waals surface area contributed by atoms with Gasteiger partial charge in [-0.2, -0.15) is 0 Å². The molecule has 0 bridgehead atoms. The number of anilines is 2. The lowest BCUT2D eigenvalue weighted by molar-refractivity contribution is 0.0970. The number of thiocarbonyl (C=S) groups is 1. The Labute approximate surface area is 212 Å². The topological polar surface area (TPSA) is 79.5 Å². The second-order valence-electron chi connectivity index (χ2n) is 9.43. The number of nitrogens with one attached hydrogen (secondary N) is 3. The van der Waals surface area contributed by atoms with Gasteiger partial charge in [-0.05, 0) is 85.6 Å². The minimum absolute atomic E-state index is 0.0309. The van der Waals surface area contributed by atoms with Crippen LogP contribution in [0.5, 0.6) is 5.75 Å². The second-order valence-corrected chi connectivity index (χ2v) is 9.84. The van der Waals surface area contributed by atoms with Crippen molar-refractivity contribution in [2.45, 2.75) is 46.1 Å². The molecule has 3 N–H and O–H groups in total. The first-order valence-corrected chi connectivity index (χ1v) is 11.8. The molecule has 0 aliphatic heterocycles. The molecule has 3 rings (SSSR count). The van der Waals surface area contributed by atoms with Gasteiger partial charge in [-0.15, -0.1) is 0 Å². The largest absolute Gasteiger partial charge is 0.490 e. The van der Waals surface area contributed by atoms with Crippen LogP contribution in [0.15, 0.2) is 72.8 Å². The predicted octanol–water partition coefficient (Wildman–Crippen LogP) is 6.15. The lowest BCUT2D eigenvalue weighted by atomic mass is 9.87. The summed E-state index contributed by atoms with van der Waals surface area (Å²) in [6.07, 6.45) is -0.0594. The summed E-state index contributed by atoms with van der Waals surface area (Å²) in [5.41, 5.74) is 3.52. The number of hydrogen-bond acceptors (Lipinski definition) is 4. The molecule has 0 fully saturated rings. The Hall–Kier alpha value is -3.71. The molecule has 3 aromatic rings. The molecule has 0 unspecified atom stereocenters. The summed E-state index contributed by atoms with van der Waals surface area (Å²) >= 11 is 5.29. The monoisotopic (exact) mass is 489 g/mol. The lowest BCUT2D eigenvalue weighted by Gasteiger charge is -2.19. The summed E-state index contributed by atoms with van der Waals surface area (Å²) in [4.78, 5) is 25.3. The number of carbonyl (C=O) groups is 2. The molecule has 6 nitrogen and oxygen atoms in total. The Bertz CT molecular complexity index is 1200. The number of para-hydroxylation sites is 1. The minimum atomic E-state index is -0.361. The van der Waals surface area contributed by atoms with E-state index in [-0.39, 0.29) is 28.4 Å². The van der Waals surface area contributed by atoms with Gasteiger partial charge in [0.25, 0.3) is 11.8 Å². The van der Waals surface area contributed by atoms with E-state index in [2.05, 4.69) is 36.7 Å². The van der Waals surface area contributed by atoms with Crippen molar-refractivity contribution in [1.29, 1.82) is 0 Å². The molecule has 0 aliphatic carbocycles. The number of ether oxygens (including phenoxy) is 1. The highest BCUT2D eigenvalue weighted by Crippen LogP contribution is 2.23. The predicted molar refractivity (Wildman–Crippen MR) is 145 cm³/mol. The van der Waals surface area contributed by atoms with E-state index in [1.165, 1.54) is 5.56 Å². The standard InChI is InChI=1S/C28H31N3O3S/c1-18(2)34-24-9-7-6-8-23(24)26(33)31-27(35)30-22-16-14-21(15-17-22)29-25(32)19-10-12-20(13-11-19)28(3,4)5/h6-18H,1-5H3,(H,29,32)(H2,30,31,33,35). The maximum atomic E-state index is 12.7. The Morgan fingerprint density at radius 1 is 0.800 bits per heavy atom. The van der Waals surface area contributed by atoms with Gasteiger partial charge in [0.2, 0.25) is 0 Å². The molecular weight excluding hydrogens is 458 g/mol. The van der Waals surface area contributed by atoms with E-state index in [9.17, 15) is 9.59 Å². The van der Waals surface area contributed by atoms with E-state index < -0.39 is 0 Å². The Morgan fingerprint density at radius 2 is 1.37 bits per heavy atom. The number of hydrogen-bond donors (Lipinski definition) is 3. The summed E-state index contributed by atoms with van der Waals surface area (Å²) in [7, 11) is 0. The fraction of sp³-hybridized carbons (Fsp3) is 0.250. The van der Waals surface area contributed by atoms with Crippen molar-refractivity contribution in [1.82, 2.24) is 5.32 Å². The molecule has 0 heterocycles. The molecule has 7 heteroatoms. The van der Waals surface area contributed by atoms with Crippen LogP contribution in [0.2, 0.25) is 0 Å². The number of benzene rings is 3. The zero-order chi connectivity index (χ0) is 25.6. The molecule has 35 heavy (non-hydrogen) atoms. The fourth-order valence-corrected chi connectivity index (χ4v) is 3.52. The molecule has 0 aliphatic rings. The molecule has 0 spiro atoms. The zero-order valence-corrected chi connectivity index (χ0v) is 21.5. The third-order valence-corrected chi connectivity index (χ3v) is 5.34. The summed E-state index contributed by atoms with van der Waals surface area (Å²) in [6.45, 7) is 10.2. The Balaban J connectivity index is 1.57. The molecule has 0 radical (unpaired) electrons. The van der Waals surface area contributed by atoms with Crippen molar-refractivity contribution in [2.24, 2.45) is 0 Å². The maximum absolute atomic E-state index is 12.7. The highest BCUT2D eigenvalue weighted by molar-refractivity contribution is 7.80. The SMILES string of the molecule is CC(C)Oc1ccccc1C(=O)NC(=S)Nc1ccc(NC(=O)c2ccc(C(C)(C)C)cc2)cc1.